The van der Waals surface area contributed by atoms with Crippen LogP contribution in [0.15, 0.2) is 0 Å². The minimum absolute atomic E-state index is 0.0200. The molecule has 0 unspecified atom stereocenters. The zero-order chi connectivity index (χ0) is 10.1. The average Bonchev–Trinajstić information content (AvgIpc) is 2.16. The van der Waals surface area contributed by atoms with Crippen LogP contribution in [-0.2, 0) is 24.1 Å². The Balaban J connectivity index is 3.17. The maximum atomic E-state index is 10.4. The molecule has 0 aromatic rings. The number of carbonyl (C=O) groups is 2. The third-order valence-corrected chi connectivity index (χ3v) is 0.915. The summed E-state index contributed by atoms with van der Waals surface area (Å²) in [6, 6.07) is 0. The van der Waals surface area contributed by atoms with Crippen LogP contribution in [-0.4, -0.2) is 38.2 Å². The van der Waals surface area contributed by atoms with Gasteiger partial charge in [0.05, 0.1) is 13.1 Å². The van der Waals surface area contributed by atoms with Gasteiger partial charge in [0.1, 0.15) is 13.2 Å². The van der Waals surface area contributed by atoms with E-state index >= 15 is 0 Å². The minimum atomic E-state index is -0.690. The molecule has 7 heteroatoms. The number of hydrogen-bond acceptors (Lipinski definition) is 7. The number of hydrogen-bond donors (Lipinski definition) is 2. The van der Waals surface area contributed by atoms with E-state index in [1.807, 2.05) is 0 Å². The topological polar surface area (TPSA) is 114 Å². The van der Waals surface area contributed by atoms with E-state index in [1.54, 1.807) is 0 Å². The summed E-state index contributed by atoms with van der Waals surface area (Å²) < 4.78 is 4.50. The van der Waals surface area contributed by atoms with E-state index in [0.717, 1.165) is 0 Å². The van der Waals surface area contributed by atoms with E-state index in [1.165, 1.54) is 0 Å². The summed E-state index contributed by atoms with van der Waals surface area (Å²) in [6.07, 6.45) is 0. The van der Waals surface area contributed by atoms with Gasteiger partial charge >= 0.3 is 11.9 Å². The van der Waals surface area contributed by atoms with Gasteiger partial charge < -0.3 is 16.2 Å². The zero-order valence-electron chi connectivity index (χ0n) is 7.02. The van der Waals surface area contributed by atoms with E-state index < -0.39 is 11.9 Å². The molecule has 0 spiro atoms. The van der Waals surface area contributed by atoms with E-state index in [4.69, 9.17) is 11.5 Å². The van der Waals surface area contributed by atoms with Crippen LogP contribution < -0.4 is 11.5 Å². The predicted octanol–water partition coefficient (Wildman–Crippen LogP) is -2.08. The molecule has 7 nitrogen and oxygen atoms in total. The molecule has 13 heavy (non-hydrogen) atoms. The van der Waals surface area contributed by atoms with Crippen LogP contribution in [0.5, 0.6) is 0 Å². The van der Waals surface area contributed by atoms with Crippen LogP contribution in [0.1, 0.15) is 0 Å². The molecule has 4 N–H and O–H groups in total. The fourth-order valence-electron chi connectivity index (χ4n) is 0.390. The smallest absolute Gasteiger partial charge is 0.355 e. The van der Waals surface area contributed by atoms with Gasteiger partial charge in [-0.25, -0.2) is 4.79 Å². The first-order valence-electron chi connectivity index (χ1n) is 3.58. The Morgan fingerprint density at radius 1 is 1.00 bits per heavy atom. The number of rotatable bonds is 6. The Hall–Kier alpha value is -1.18. The summed E-state index contributed by atoms with van der Waals surface area (Å²) in [5.74, 6) is -1.24. The second-order valence-electron chi connectivity index (χ2n) is 1.91. The fraction of sp³-hybridized carbons (Fsp3) is 0.667. The van der Waals surface area contributed by atoms with Crippen molar-refractivity contribution in [3.8, 4) is 0 Å². The minimum Gasteiger partial charge on any atom is -0.462 e. The summed E-state index contributed by atoms with van der Waals surface area (Å²) in [7, 11) is 0. The number of ether oxygens (including phenoxy) is 1. The first kappa shape index (κ1) is 11.8. The summed E-state index contributed by atoms with van der Waals surface area (Å²) in [5.41, 5.74) is 9.84. The first-order chi connectivity index (χ1) is 6.20. The maximum absolute atomic E-state index is 10.4. The van der Waals surface area contributed by atoms with Gasteiger partial charge in [0.2, 0.25) is 0 Å². The van der Waals surface area contributed by atoms with Crippen LogP contribution in [0, 0.1) is 0 Å². The van der Waals surface area contributed by atoms with Crippen molar-refractivity contribution in [2.45, 2.75) is 0 Å². The van der Waals surface area contributed by atoms with Gasteiger partial charge in [-0.05, 0) is 0 Å². The molecule has 0 atom stereocenters. The zero-order valence-corrected chi connectivity index (χ0v) is 7.02. The molecular formula is C6H12N2O5. The standard InChI is InChI=1S/C6H12N2O5/c7-3-5(9)11-1-2-12-13-6(10)4-8/h1-4,7-8H2. The van der Waals surface area contributed by atoms with Crippen LogP contribution in [0.3, 0.4) is 0 Å². The predicted molar refractivity (Wildman–Crippen MR) is 41.1 cm³/mol. The highest BCUT2D eigenvalue weighted by atomic mass is 17.2. The second-order valence-corrected chi connectivity index (χ2v) is 1.91. The van der Waals surface area contributed by atoms with E-state index in [0.29, 0.717) is 0 Å². The molecular weight excluding hydrogens is 180 g/mol. The van der Waals surface area contributed by atoms with Crippen LogP contribution in [0.25, 0.3) is 0 Å². The van der Waals surface area contributed by atoms with Crippen molar-refractivity contribution < 1.29 is 24.1 Å². The molecule has 0 bridgehead atoms. The van der Waals surface area contributed by atoms with Gasteiger partial charge in [-0.1, -0.05) is 0 Å². The molecule has 0 aliphatic rings. The summed E-state index contributed by atoms with van der Waals surface area (Å²) in [5, 5.41) is 0. The van der Waals surface area contributed by atoms with Gasteiger partial charge in [0.25, 0.3) is 0 Å². The van der Waals surface area contributed by atoms with Gasteiger partial charge in [-0.2, -0.15) is 4.89 Å². The quantitative estimate of drug-likeness (QED) is 0.215. The van der Waals surface area contributed by atoms with Gasteiger partial charge in [0.15, 0.2) is 0 Å². The lowest BCUT2D eigenvalue weighted by molar-refractivity contribution is -0.274. The summed E-state index contributed by atoms with van der Waals surface area (Å²) in [4.78, 5) is 29.3. The Bertz CT molecular complexity index is 154. The van der Waals surface area contributed by atoms with Crippen molar-refractivity contribution in [2.24, 2.45) is 11.5 Å². The molecule has 76 valence electrons. The normalized spacial score (nSPS) is 9.38. The maximum Gasteiger partial charge on any atom is 0.355 e. The lowest BCUT2D eigenvalue weighted by atomic mass is 10.7. The van der Waals surface area contributed by atoms with Crippen LogP contribution in [0.4, 0.5) is 0 Å². The van der Waals surface area contributed by atoms with Crippen LogP contribution in [0.2, 0.25) is 0 Å². The molecule has 0 aliphatic heterocycles. The molecule has 0 aromatic carbocycles. The van der Waals surface area contributed by atoms with Crippen molar-refractivity contribution in [2.75, 3.05) is 26.3 Å². The molecule has 0 radical (unpaired) electrons. The van der Waals surface area contributed by atoms with Crippen molar-refractivity contribution in [1.82, 2.24) is 0 Å². The lowest BCUT2D eigenvalue weighted by Gasteiger charge is -2.03. The molecule has 0 amide bonds. The van der Waals surface area contributed by atoms with Crippen molar-refractivity contribution in [1.29, 1.82) is 0 Å². The monoisotopic (exact) mass is 192 g/mol. The number of nitrogens with two attached hydrogens (primary N) is 2. The molecule has 0 aliphatic carbocycles. The Morgan fingerprint density at radius 3 is 2.15 bits per heavy atom. The molecule has 0 fully saturated rings. The van der Waals surface area contributed by atoms with E-state index in [2.05, 4.69) is 14.5 Å². The van der Waals surface area contributed by atoms with Gasteiger partial charge in [0, 0.05) is 0 Å². The lowest BCUT2D eigenvalue weighted by Crippen LogP contribution is -2.21. The average molecular weight is 192 g/mol. The molecule has 0 saturated carbocycles. The highest BCUT2D eigenvalue weighted by Gasteiger charge is 2.01. The Morgan fingerprint density at radius 2 is 1.62 bits per heavy atom. The molecule has 0 saturated heterocycles. The molecule has 0 rings (SSSR count). The highest BCUT2D eigenvalue weighted by Crippen LogP contribution is 1.81. The fourth-order valence-corrected chi connectivity index (χ4v) is 0.390. The summed E-state index contributed by atoms with van der Waals surface area (Å²) >= 11 is 0. The number of esters is 1. The SMILES string of the molecule is NCC(=O)OCCOOC(=O)CN. The number of carbonyl (C=O) groups excluding carboxylic acids is 2. The third-order valence-electron chi connectivity index (χ3n) is 0.915. The van der Waals surface area contributed by atoms with Gasteiger partial charge in [-0.15, -0.1) is 0 Å². The Labute approximate surface area is 74.8 Å². The first-order valence-corrected chi connectivity index (χ1v) is 3.58. The largest absolute Gasteiger partial charge is 0.462 e. The third kappa shape index (κ3) is 7.19. The van der Waals surface area contributed by atoms with E-state index in [9.17, 15) is 9.59 Å². The van der Waals surface area contributed by atoms with Crippen LogP contribution >= 0.6 is 0 Å². The van der Waals surface area contributed by atoms with Crippen molar-refractivity contribution >= 4 is 11.9 Å². The van der Waals surface area contributed by atoms with E-state index in [-0.39, 0.29) is 26.3 Å². The van der Waals surface area contributed by atoms with Gasteiger partial charge in [-0.3, -0.25) is 9.68 Å². The van der Waals surface area contributed by atoms with Crippen molar-refractivity contribution in [3.05, 3.63) is 0 Å². The molecule has 0 aromatic heterocycles. The molecule has 0 heterocycles. The Kier molecular flexibility index (Phi) is 6.79. The highest BCUT2D eigenvalue weighted by molar-refractivity contribution is 5.71. The van der Waals surface area contributed by atoms with Crippen molar-refractivity contribution in [3.63, 3.8) is 0 Å². The second kappa shape index (κ2) is 7.47. The summed E-state index contributed by atoms with van der Waals surface area (Å²) in [6.45, 7) is -0.517.